The molecule has 2 saturated heterocycles. The van der Waals surface area contributed by atoms with Crippen molar-refractivity contribution < 1.29 is 14.2 Å². The van der Waals surface area contributed by atoms with Crippen LogP contribution < -0.4 is 35.3 Å². The van der Waals surface area contributed by atoms with Crippen molar-refractivity contribution in [1.29, 1.82) is 0 Å². The predicted molar refractivity (Wildman–Crippen MR) is 166 cm³/mol. The van der Waals surface area contributed by atoms with Crippen LogP contribution in [0.5, 0.6) is 17.2 Å². The molecule has 220 valence electrons. The van der Waals surface area contributed by atoms with E-state index in [1.807, 2.05) is 37.4 Å². The zero-order valence-electron chi connectivity index (χ0n) is 25.0. The van der Waals surface area contributed by atoms with E-state index >= 15 is 0 Å². The summed E-state index contributed by atoms with van der Waals surface area (Å²) >= 11 is 0. The van der Waals surface area contributed by atoms with Gasteiger partial charge in [-0.1, -0.05) is 12.1 Å². The lowest BCUT2D eigenvalue weighted by Crippen LogP contribution is -2.55. The summed E-state index contributed by atoms with van der Waals surface area (Å²) in [6.07, 6.45) is 3.97. The minimum atomic E-state index is -0.0458. The van der Waals surface area contributed by atoms with Crippen molar-refractivity contribution in [3.63, 3.8) is 0 Å². The molecule has 2 N–H and O–H groups in total. The molecule has 9 nitrogen and oxygen atoms in total. The van der Waals surface area contributed by atoms with Crippen LogP contribution in [0.1, 0.15) is 24.1 Å². The van der Waals surface area contributed by atoms with Crippen LogP contribution in [0.2, 0.25) is 0 Å². The number of hydrogen-bond donors (Lipinski definition) is 2. The summed E-state index contributed by atoms with van der Waals surface area (Å²) in [6.45, 7) is 4.97. The summed E-state index contributed by atoms with van der Waals surface area (Å²) < 4.78 is 18.7. The van der Waals surface area contributed by atoms with Gasteiger partial charge < -0.3 is 34.3 Å². The van der Waals surface area contributed by atoms with Gasteiger partial charge in [-0.25, -0.2) is 4.98 Å². The molecule has 2 aromatic carbocycles. The van der Waals surface area contributed by atoms with Gasteiger partial charge in [0.2, 0.25) is 0 Å². The number of rotatable bonds is 11. The molecule has 4 heterocycles. The minimum absolute atomic E-state index is 0.0297. The first-order valence-electron chi connectivity index (χ1n) is 14.3. The number of methoxy groups -OCH3 is 2. The molecule has 7 rings (SSSR count). The highest BCUT2D eigenvalue weighted by molar-refractivity contribution is 6.00. The summed E-state index contributed by atoms with van der Waals surface area (Å²) in [5.41, 5.74) is 3.23. The fraction of sp³-hybridized carbons (Fsp3) is 0.394. The number of aryl methyl sites for hydroxylation is 1. The minimum Gasteiger partial charge on any atom is -0.497 e. The number of nitrogens with one attached hydrogen (secondary N) is 2. The van der Waals surface area contributed by atoms with Crippen LogP contribution in [0, 0.1) is 12.3 Å². The van der Waals surface area contributed by atoms with Gasteiger partial charge >= 0.3 is 0 Å². The SMILES string of the molecule is COc1ccc(CNc2nccc3c(N(C)CC45CNC(COc6cc(C)n(C)c(=O)c6)(C4)C5)cccc23)c(OC)c1. The topological polar surface area (TPSA) is 89.9 Å². The molecule has 0 unspecified atom stereocenters. The fourth-order valence-corrected chi connectivity index (χ4v) is 6.80. The Morgan fingerprint density at radius 1 is 1.05 bits per heavy atom. The quantitative estimate of drug-likeness (QED) is 0.273. The first-order chi connectivity index (χ1) is 20.2. The van der Waals surface area contributed by atoms with Crippen molar-refractivity contribution in [1.82, 2.24) is 14.9 Å². The van der Waals surface area contributed by atoms with Crippen molar-refractivity contribution in [2.45, 2.75) is 31.8 Å². The number of pyridine rings is 2. The number of aromatic nitrogens is 2. The van der Waals surface area contributed by atoms with E-state index in [1.165, 1.54) is 5.69 Å². The molecule has 4 aromatic rings. The van der Waals surface area contributed by atoms with Gasteiger partial charge in [-0.2, -0.15) is 0 Å². The molecule has 0 atom stereocenters. The van der Waals surface area contributed by atoms with Crippen LogP contribution in [-0.4, -0.2) is 56.1 Å². The molecule has 9 heteroatoms. The second kappa shape index (κ2) is 10.9. The van der Waals surface area contributed by atoms with E-state index in [1.54, 1.807) is 31.9 Å². The van der Waals surface area contributed by atoms with Gasteiger partial charge in [-0.3, -0.25) is 4.79 Å². The Morgan fingerprint density at radius 3 is 2.64 bits per heavy atom. The zero-order valence-corrected chi connectivity index (χ0v) is 25.0. The number of fused-ring (bicyclic) bond motifs is 2. The first kappa shape index (κ1) is 27.9. The number of anilines is 2. The van der Waals surface area contributed by atoms with Gasteiger partial charge in [0.05, 0.1) is 19.8 Å². The first-order valence-corrected chi connectivity index (χ1v) is 14.3. The molecule has 0 amide bonds. The summed E-state index contributed by atoms with van der Waals surface area (Å²) in [5, 5.41) is 9.50. The second-order valence-corrected chi connectivity index (χ2v) is 11.9. The van der Waals surface area contributed by atoms with Gasteiger partial charge in [0.15, 0.2) is 0 Å². The molecule has 3 aliphatic rings. The van der Waals surface area contributed by atoms with Gasteiger partial charge in [0, 0.05) is 85.2 Å². The maximum atomic E-state index is 12.2. The standard InChI is InChI=1S/C33H39N5O4/c1-22-13-25(15-30(39)38(22)3)42-21-33-17-32(18-33,19-36-33)20-37(2)28-8-6-7-27-26(28)11-12-34-31(27)35-16-23-9-10-24(40-4)14-29(23)41-5/h6-15,36H,16-21H2,1-5H3,(H,34,35). The smallest absolute Gasteiger partial charge is 0.254 e. The lowest BCUT2D eigenvalue weighted by atomic mass is 9.62. The average molecular weight is 570 g/mol. The molecule has 0 spiro atoms. The Balaban J connectivity index is 1.13. The Bertz CT molecular complexity index is 1680. The Hall–Kier alpha value is -4.24. The molecule has 2 aromatic heterocycles. The van der Waals surface area contributed by atoms with E-state index in [9.17, 15) is 4.79 Å². The lowest BCUT2D eigenvalue weighted by Gasteiger charge is -2.47. The Kier molecular flexibility index (Phi) is 7.22. The zero-order chi connectivity index (χ0) is 29.5. The van der Waals surface area contributed by atoms with E-state index in [2.05, 4.69) is 51.8 Å². The van der Waals surface area contributed by atoms with E-state index < -0.39 is 0 Å². The second-order valence-electron chi connectivity index (χ2n) is 11.9. The van der Waals surface area contributed by atoms with Crippen LogP contribution in [0.3, 0.4) is 0 Å². The van der Waals surface area contributed by atoms with Gasteiger partial charge in [0.25, 0.3) is 5.56 Å². The molecule has 3 fully saturated rings. The Labute approximate surface area is 246 Å². The van der Waals surface area contributed by atoms with Crippen LogP contribution in [-0.2, 0) is 13.6 Å². The van der Waals surface area contributed by atoms with E-state index in [4.69, 9.17) is 14.2 Å². The molecule has 0 radical (unpaired) electrons. The third kappa shape index (κ3) is 5.13. The molecule has 2 bridgehead atoms. The highest BCUT2D eigenvalue weighted by Crippen LogP contribution is 2.54. The van der Waals surface area contributed by atoms with Gasteiger partial charge in [-0.05, 0) is 50.1 Å². The van der Waals surface area contributed by atoms with Crippen molar-refractivity contribution in [2.24, 2.45) is 12.5 Å². The van der Waals surface area contributed by atoms with Crippen molar-refractivity contribution >= 4 is 22.3 Å². The average Bonchev–Trinajstić information content (AvgIpc) is 3.52. The van der Waals surface area contributed by atoms with Gasteiger partial charge in [-0.15, -0.1) is 0 Å². The summed E-state index contributed by atoms with van der Waals surface area (Å²) in [6, 6.07) is 17.8. The maximum Gasteiger partial charge on any atom is 0.254 e. The van der Waals surface area contributed by atoms with E-state index in [-0.39, 0.29) is 16.5 Å². The van der Waals surface area contributed by atoms with E-state index in [0.717, 1.165) is 65.3 Å². The number of nitrogens with zero attached hydrogens (tertiary/aromatic N) is 3. The molecule has 1 aliphatic carbocycles. The molecular weight excluding hydrogens is 530 g/mol. The fourth-order valence-electron chi connectivity index (χ4n) is 6.80. The predicted octanol–water partition coefficient (Wildman–Crippen LogP) is 4.51. The summed E-state index contributed by atoms with van der Waals surface area (Å²) in [7, 11) is 7.27. The summed E-state index contributed by atoms with van der Waals surface area (Å²) in [4.78, 5) is 19.2. The third-order valence-electron chi connectivity index (χ3n) is 8.96. The van der Waals surface area contributed by atoms with Crippen LogP contribution in [0.25, 0.3) is 10.8 Å². The molecule has 1 saturated carbocycles. The van der Waals surface area contributed by atoms with Crippen molar-refractivity contribution in [2.75, 3.05) is 51.2 Å². The number of ether oxygens (including phenoxy) is 3. The highest BCUT2D eigenvalue weighted by atomic mass is 16.5. The lowest BCUT2D eigenvalue weighted by molar-refractivity contribution is 0.0698. The summed E-state index contributed by atoms with van der Waals surface area (Å²) in [5.74, 6) is 3.02. The van der Waals surface area contributed by atoms with Crippen molar-refractivity contribution in [3.8, 4) is 17.2 Å². The van der Waals surface area contributed by atoms with E-state index in [0.29, 0.717) is 18.9 Å². The number of benzene rings is 2. The largest absolute Gasteiger partial charge is 0.497 e. The third-order valence-corrected chi connectivity index (χ3v) is 8.96. The molecule has 2 aliphatic heterocycles. The Morgan fingerprint density at radius 2 is 1.88 bits per heavy atom. The molecular formula is C33H39N5O4. The van der Waals surface area contributed by atoms with Gasteiger partial charge in [0.1, 0.15) is 29.7 Å². The van der Waals surface area contributed by atoms with Crippen LogP contribution in [0.4, 0.5) is 11.5 Å². The van der Waals surface area contributed by atoms with Crippen molar-refractivity contribution in [3.05, 3.63) is 82.4 Å². The number of hydrogen-bond acceptors (Lipinski definition) is 8. The monoisotopic (exact) mass is 569 g/mol. The van der Waals surface area contributed by atoms with Crippen LogP contribution >= 0.6 is 0 Å². The normalized spacial score (nSPS) is 20.7. The highest BCUT2D eigenvalue weighted by Gasteiger charge is 2.61. The maximum absolute atomic E-state index is 12.2. The molecule has 42 heavy (non-hydrogen) atoms. The van der Waals surface area contributed by atoms with Crippen LogP contribution in [0.15, 0.2) is 65.6 Å².